The van der Waals surface area contributed by atoms with E-state index >= 15 is 0 Å². The Morgan fingerprint density at radius 1 is 1.33 bits per heavy atom. The molecule has 1 nitrogen and oxygen atoms in total. The van der Waals surface area contributed by atoms with Gasteiger partial charge in [0, 0.05) is 5.92 Å². The van der Waals surface area contributed by atoms with E-state index in [1.54, 1.807) is 17.8 Å². The molecule has 0 N–H and O–H groups in total. The zero-order valence-electron chi connectivity index (χ0n) is 4.16. The van der Waals surface area contributed by atoms with Crippen molar-refractivity contribution in [3.63, 3.8) is 0 Å². The fourth-order valence-corrected chi connectivity index (χ4v) is 0.135. The van der Waals surface area contributed by atoms with Crippen molar-refractivity contribution in [2.24, 2.45) is 0 Å². The molecule has 44 valence electrons. The summed E-state index contributed by atoms with van der Waals surface area (Å²) in [5.41, 5.74) is 0. The van der Waals surface area contributed by atoms with E-state index in [1.165, 1.54) is 0 Å². The zero-order chi connectivity index (χ0) is 7.11. The van der Waals surface area contributed by atoms with E-state index in [4.69, 9.17) is 0 Å². The van der Waals surface area contributed by atoms with Crippen LogP contribution < -0.4 is 0 Å². The monoisotopic (exact) mass is 126 g/mol. The van der Waals surface area contributed by atoms with E-state index in [-0.39, 0.29) is 0 Å². The predicted octanol–water partition coefficient (Wildman–Crippen LogP) is 0.605. The number of carbonyl (C=O) groups excluding carboxylic acids is 1. The van der Waals surface area contributed by atoms with Crippen molar-refractivity contribution in [3.05, 3.63) is 5.83 Å². The summed E-state index contributed by atoms with van der Waals surface area (Å²) in [7, 11) is 0. The highest BCUT2D eigenvalue weighted by Gasteiger charge is 1.80. The molecule has 0 rings (SSSR count). The van der Waals surface area contributed by atoms with Crippen molar-refractivity contribution in [2.45, 2.75) is 0 Å². The summed E-state index contributed by atoms with van der Waals surface area (Å²) < 4.78 is 22.4. The normalized spacial score (nSPS) is 5.11. The van der Waals surface area contributed by atoms with Crippen LogP contribution in [0.5, 0.6) is 0 Å². The summed E-state index contributed by atoms with van der Waals surface area (Å²) in [6.45, 7) is 0. The second kappa shape index (κ2) is 4.59. The van der Waals surface area contributed by atoms with Crippen LogP contribution in [-0.4, -0.2) is 5.94 Å². The van der Waals surface area contributed by atoms with E-state index < -0.39 is 5.83 Å². The molecule has 0 heterocycles. The summed E-state index contributed by atoms with van der Waals surface area (Å²) >= 11 is 0. The maximum Gasteiger partial charge on any atom is 0.257 e. The molecule has 9 heavy (non-hydrogen) atoms. The number of hydrogen-bond donors (Lipinski definition) is 0. The Morgan fingerprint density at radius 2 is 2.00 bits per heavy atom. The lowest BCUT2D eigenvalue weighted by molar-refractivity contribution is 0.556. The Kier molecular flexibility index (Phi) is 3.79. The first kappa shape index (κ1) is 7.43. The molecule has 0 saturated heterocycles. The van der Waals surface area contributed by atoms with Gasteiger partial charge in [-0.1, -0.05) is 0 Å². The Bertz CT molecular complexity index is 252. The lowest BCUT2D eigenvalue weighted by Gasteiger charge is -1.61. The van der Waals surface area contributed by atoms with Crippen molar-refractivity contribution in [1.29, 1.82) is 0 Å². The third-order valence-electron chi connectivity index (χ3n) is 0.372. The molecule has 0 fully saturated rings. The fraction of sp³-hybridized carbons (Fsp3) is 0. The van der Waals surface area contributed by atoms with Crippen molar-refractivity contribution < 1.29 is 13.6 Å². The maximum atomic E-state index is 11.6. The number of rotatable bonds is 0. The summed E-state index contributed by atoms with van der Waals surface area (Å²) in [5.74, 6) is 4.50. The summed E-state index contributed by atoms with van der Waals surface area (Å²) in [6.07, 6.45) is 0.914. The van der Waals surface area contributed by atoms with Crippen LogP contribution in [0.2, 0.25) is 0 Å². The Morgan fingerprint density at radius 3 is 2.44 bits per heavy atom. The first-order valence-electron chi connectivity index (χ1n) is 1.83. The largest absolute Gasteiger partial charge is 0.257 e. The highest BCUT2D eigenvalue weighted by atomic mass is 19.1. The third-order valence-corrected chi connectivity index (χ3v) is 0.372. The van der Waals surface area contributed by atoms with Gasteiger partial charge in [-0.3, -0.25) is 0 Å². The zero-order valence-corrected chi connectivity index (χ0v) is 4.16. The smallest absolute Gasteiger partial charge is 0.230 e. The van der Waals surface area contributed by atoms with Gasteiger partial charge in [0.15, 0.2) is 5.94 Å². The fourth-order valence-electron chi connectivity index (χ4n) is 0.135. The molecule has 0 aliphatic rings. The number of allylic oxidation sites excluding steroid dienone is 1. The van der Waals surface area contributed by atoms with Gasteiger partial charge in [0.05, 0.1) is 0 Å². The molecule has 0 radical (unpaired) electrons. The molecule has 3 heteroatoms. The second-order valence-corrected chi connectivity index (χ2v) is 0.886. The molecule has 0 aromatic carbocycles. The molecule has 0 aliphatic carbocycles. The third kappa shape index (κ3) is 4.28. The lowest BCUT2D eigenvalue weighted by atomic mass is 10.5. The van der Waals surface area contributed by atoms with Gasteiger partial charge in [-0.05, 0) is 11.8 Å². The van der Waals surface area contributed by atoms with Crippen LogP contribution in [0, 0.1) is 23.9 Å². The molecular formula is C6F2O. The quantitative estimate of drug-likeness (QED) is 0.343. The van der Waals surface area contributed by atoms with Crippen LogP contribution in [-0.2, 0) is 4.79 Å². The van der Waals surface area contributed by atoms with Gasteiger partial charge in [0.2, 0.25) is 0 Å². The van der Waals surface area contributed by atoms with Crippen molar-refractivity contribution in [1.82, 2.24) is 0 Å². The topological polar surface area (TPSA) is 17.1 Å². The second-order valence-electron chi connectivity index (χ2n) is 0.886. The van der Waals surface area contributed by atoms with E-state index in [0.29, 0.717) is 0 Å². The van der Waals surface area contributed by atoms with Gasteiger partial charge in [-0.15, -0.1) is 4.39 Å². The maximum absolute atomic E-state index is 11.6. The predicted molar refractivity (Wildman–Crippen MR) is 27.0 cm³/mol. The van der Waals surface area contributed by atoms with Crippen LogP contribution in [0.3, 0.4) is 0 Å². The van der Waals surface area contributed by atoms with Gasteiger partial charge < -0.3 is 0 Å². The van der Waals surface area contributed by atoms with Gasteiger partial charge >= 0.3 is 0 Å². The van der Waals surface area contributed by atoms with E-state index in [0.717, 1.165) is 12.1 Å². The minimum absolute atomic E-state index is 0.860. The molecule has 0 aliphatic heterocycles. The van der Waals surface area contributed by atoms with Gasteiger partial charge in [0.25, 0.3) is 5.83 Å². The highest BCUT2D eigenvalue weighted by Crippen LogP contribution is 1.81. The van der Waals surface area contributed by atoms with Crippen LogP contribution in [0.25, 0.3) is 0 Å². The van der Waals surface area contributed by atoms with Crippen LogP contribution in [0.4, 0.5) is 8.78 Å². The van der Waals surface area contributed by atoms with Crippen LogP contribution in [0.15, 0.2) is 5.83 Å². The SMILES string of the molecule is O=C=C(F)C#CC#CF. The molecule has 0 saturated carbocycles. The van der Waals surface area contributed by atoms with Gasteiger partial charge in [-0.25, -0.2) is 4.79 Å². The van der Waals surface area contributed by atoms with Crippen molar-refractivity contribution in [2.75, 3.05) is 0 Å². The van der Waals surface area contributed by atoms with E-state index in [2.05, 4.69) is 0 Å². The molecule has 0 aromatic heterocycles. The molecule has 0 bridgehead atoms. The minimum Gasteiger partial charge on any atom is -0.230 e. The van der Waals surface area contributed by atoms with Crippen molar-refractivity contribution >= 4 is 5.94 Å². The molecular weight excluding hydrogens is 126 g/mol. The number of hydrogen-bond acceptors (Lipinski definition) is 1. The first-order valence-corrected chi connectivity index (χ1v) is 1.83. The Hall–Kier alpha value is -1.57. The highest BCUT2D eigenvalue weighted by molar-refractivity contribution is 5.57. The van der Waals surface area contributed by atoms with Crippen LogP contribution in [0.1, 0.15) is 0 Å². The first-order chi connectivity index (χ1) is 4.31. The molecule has 0 spiro atoms. The minimum atomic E-state index is -1.28. The average Bonchev–Trinajstić information content (AvgIpc) is 1.89. The molecule has 0 unspecified atom stereocenters. The summed E-state index contributed by atoms with van der Waals surface area (Å²) in [4.78, 5) is 9.32. The Balaban J connectivity index is 4.15. The number of halogens is 2. The molecule has 0 amide bonds. The molecule has 0 atom stereocenters. The molecule has 0 aromatic rings. The Labute approximate surface area is 50.4 Å². The summed E-state index contributed by atoms with van der Waals surface area (Å²) in [6, 6.07) is 0. The average molecular weight is 126 g/mol. The van der Waals surface area contributed by atoms with Gasteiger partial charge in [0.1, 0.15) is 6.17 Å². The van der Waals surface area contributed by atoms with E-state index in [9.17, 15) is 13.6 Å². The summed E-state index contributed by atoms with van der Waals surface area (Å²) in [5, 5.41) is 0. The lowest BCUT2D eigenvalue weighted by Crippen LogP contribution is -1.63. The van der Waals surface area contributed by atoms with Gasteiger partial charge in [-0.2, -0.15) is 4.39 Å². The standard InChI is InChI=1S/C6F2O/c7-4-2-1-3-6(8)5-9. The van der Waals surface area contributed by atoms with Crippen molar-refractivity contribution in [3.8, 4) is 23.9 Å². The van der Waals surface area contributed by atoms with Crippen LogP contribution >= 0.6 is 0 Å². The van der Waals surface area contributed by atoms with E-state index in [1.807, 2.05) is 0 Å².